The smallest absolute Gasteiger partial charge is 0.410 e. The van der Waals surface area contributed by atoms with Crippen LogP contribution in [0.5, 0.6) is 0 Å². The summed E-state index contributed by atoms with van der Waals surface area (Å²) in [6.07, 6.45) is 3.60. The molecule has 2 amide bonds. The molecule has 0 saturated carbocycles. The Kier molecular flexibility index (Phi) is 13.4. The minimum Gasteiger partial charge on any atom is -0.469 e. The number of carbonyl (C=O) groups excluding carboxylic acids is 3. The van der Waals surface area contributed by atoms with E-state index in [1.54, 1.807) is 29.2 Å². The number of nitrogens with one attached hydrogen (secondary N) is 1. The molecule has 14 nitrogen and oxygen atoms in total. The maximum absolute atomic E-state index is 12.9. The first-order valence-electron chi connectivity index (χ1n) is 17.6. The highest BCUT2D eigenvalue weighted by atomic mass is 16.6. The third-order valence-electron chi connectivity index (χ3n) is 8.20. The Bertz CT molecular complexity index is 1660. The van der Waals surface area contributed by atoms with Crippen LogP contribution in [0.1, 0.15) is 59.9 Å². The van der Waals surface area contributed by atoms with Crippen molar-refractivity contribution in [1.82, 2.24) is 29.7 Å². The highest BCUT2D eigenvalue weighted by molar-refractivity contribution is 5.73. The third-order valence-corrected chi connectivity index (χ3v) is 8.20. The van der Waals surface area contributed by atoms with Crippen molar-refractivity contribution in [2.75, 3.05) is 64.1 Å². The highest BCUT2D eigenvalue weighted by Crippen LogP contribution is 2.24. The lowest BCUT2D eigenvalue weighted by Crippen LogP contribution is -2.56. The number of aromatic nitrogens is 3. The van der Waals surface area contributed by atoms with Gasteiger partial charge in [0, 0.05) is 77.0 Å². The van der Waals surface area contributed by atoms with Gasteiger partial charge in [-0.15, -0.1) is 0 Å². The average Bonchev–Trinajstić information content (AvgIpc) is 3.07. The minimum absolute atomic E-state index is 0.0889. The van der Waals surface area contributed by atoms with Crippen molar-refractivity contribution < 1.29 is 28.6 Å². The third kappa shape index (κ3) is 12.4. The monoisotopic (exact) mass is 718 g/mol. The molecule has 2 aromatic heterocycles. The fraction of sp³-hybridized carbons (Fsp3) is 0.526. The first-order valence-corrected chi connectivity index (χ1v) is 17.6. The number of piperazine rings is 1. The molecule has 0 spiro atoms. The molecule has 1 aliphatic heterocycles. The summed E-state index contributed by atoms with van der Waals surface area (Å²) in [6.45, 7) is 14.5. The van der Waals surface area contributed by atoms with E-state index in [0.717, 1.165) is 41.3 Å². The molecule has 0 radical (unpaired) electrons. The molecule has 4 rings (SSSR count). The van der Waals surface area contributed by atoms with Gasteiger partial charge in [-0.3, -0.25) is 9.69 Å². The van der Waals surface area contributed by atoms with Gasteiger partial charge in [0.15, 0.2) is 0 Å². The summed E-state index contributed by atoms with van der Waals surface area (Å²) in [7, 11) is 5.07. The molecule has 0 bridgehead atoms. The molecule has 0 aliphatic carbocycles. The Morgan fingerprint density at radius 3 is 2.37 bits per heavy atom. The molecule has 52 heavy (non-hydrogen) atoms. The Hall–Kier alpha value is -4.98. The molecule has 282 valence electrons. The number of nitrogens with zero attached hydrogens (tertiary/aromatic N) is 7. The Balaban J connectivity index is 1.34. The average molecular weight is 719 g/mol. The lowest BCUT2D eigenvalue weighted by atomic mass is 10.1. The molecule has 1 unspecified atom stereocenters. The van der Waals surface area contributed by atoms with Crippen LogP contribution in [0.15, 0.2) is 54.9 Å². The summed E-state index contributed by atoms with van der Waals surface area (Å²) in [5.74, 6) is 0.898. The molecule has 14 heteroatoms. The SMILES string of the molecule is COC(=O)CC1CN(Cc2cccc(Nc3nccc(-c4ccc(N(C)CCCN(C)C(=O)OC(C)(C)C)nc4)n3)c2)CCN1C(=O)OC(C)(C)C. The number of esters is 1. The van der Waals surface area contributed by atoms with Gasteiger partial charge in [0.2, 0.25) is 5.95 Å². The van der Waals surface area contributed by atoms with Gasteiger partial charge in [0.05, 0.1) is 25.3 Å². The second-order valence-corrected chi connectivity index (χ2v) is 15.0. The largest absolute Gasteiger partial charge is 0.469 e. The minimum atomic E-state index is -0.634. The van der Waals surface area contributed by atoms with Crippen LogP contribution in [-0.4, -0.2) is 119 Å². The molecule has 3 heterocycles. The summed E-state index contributed by atoms with van der Waals surface area (Å²) >= 11 is 0. The summed E-state index contributed by atoms with van der Waals surface area (Å²) < 4.78 is 16.0. The van der Waals surface area contributed by atoms with Gasteiger partial charge in [-0.2, -0.15) is 0 Å². The number of carbonyl (C=O) groups is 3. The van der Waals surface area contributed by atoms with Gasteiger partial charge < -0.3 is 34.2 Å². The number of ether oxygens (including phenoxy) is 3. The Morgan fingerprint density at radius 1 is 0.942 bits per heavy atom. The molecule has 1 aromatic carbocycles. The Morgan fingerprint density at radius 2 is 1.69 bits per heavy atom. The van der Waals surface area contributed by atoms with Crippen molar-refractivity contribution in [2.45, 2.75) is 78.2 Å². The maximum atomic E-state index is 12.9. The number of rotatable bonds is 12. The molecule has 3 aromatic rings. The van der Waals surface area contributed by atoms with E-state index >= 15 is 0 Å². The van der Waals surface area contributed by atoms with Crippen LogP contribution in [-0.2, 0) is 25.5 Å². The van der Waals surface area contributed by atoms with Gasteiger partial charge in [-0.1, -0.05) is 12.1 Å². The van der Waals surface area contributed by atoms with Crippen LogP contribution in [0, 0.1) is 0 Å². The van der Waals surface area contributed by atoms with Crippen LogP contribution in [0.2, 0.25) is 0 Å². The lowest BCUT2D eigenvalue weighted by Gasteiger charge is -2.41. The second kappa shape index (κ2) is 17.5. The predicted molar refractivity (Wildman–Crippen MR) is 200 cm³/mol. The summed E-state index contributed by atoms with van der Waals surface area (Å²) in [4.78, 5) is 58.7. The van der Waals surface area contributed by atoms with E-state index in [2.05, 4.69) is 20.2 Å². The van der Waals surface area contributed by atoms with E-state index in [9.17, 15) is 14.4 Å². The van der Waals surface area contributed by atoms with Crippen LogP contribution in [0.3, 0.4) is 0 Å². The van der Waals surface area contributed by atoms with E-state index in [0.29, 0.717) is 38.7 Å². The van der Waals surface area contributed by atoms with E-state index in [4.69, 9.17) is 19.2 Å². The lowest BCUT2D eigenvalue weighted by molar-refractivity contribution is -0.142. The number of pyridine rings is 1. The normalized spacial score (nSPS) is 15.1. The van der Waals surface area contributed by atoms with E-state index in [1.807, 2.05) is 96.0 Å². The van der Waals surface area contributed by atoms with Crippen molar-refractivity contribution in [1.29, 1.82) is 0 Å². The van der Waals surface area contributed by atoms with Gasteiger partial charge in [-0.25, -0.2) is 24.5 Å². The number of amides is 2. The summed E-state index contributed by atoms with van der Waals surface area (Å²) in [6, 6.07) is 13.4. The fourth-order valence-electron chi connectivity index (χ4n) is 5.64. The molecule has 1 aliphatic rings. The van der Waals surface area contributed by atoms with Gasteiger partial charge in [0.1, 0.15) is 17.0 Å². The van der Waals surface area contributed by atoms with Crippen LogP contribution < -0.4 is 10.2 Å². The number of methoxy groups -OCH3 is 1. The van der Waals surface area contributed by atoms with Crippen LogP contribution >= 0.6 is 0 Å². The van der Waals surface area contributed by atoms with Crippen molar-refractivity contribution in [3.05, 3.63) is 60.4 Å². The van der Waals surface area contributed by atoms with Gasteiger partial charge >= 0.3 is 18.2 Å². The fourth-order valence-corrected chi connectivity index (χ4v) is 5.64. The molecular weight excluding hydrogens is 664 g/mol. The standard InChI is InChI=1S/C38H54N8O6/c1-37(2,3)51-35(48)44(8)19-11-18-43(7)32-15-14-28(24-40-32)31-16-17-39-34(42-31)41-29-13-10-12-27(22-29)25-45-20-21-46(36(49)52-38(4,5)6)30(26-45)23-33(47)50-9/h10,12-17,22,24,30H,11,18-21,23,25-26H2,1-9H3,(H,39,41,42). The zero-order valence-corrected chi connectivity index (χ0v) is 32.0. The van der Waals surface area contributed by atoms with E-state index in [1.165, 1.54) is 7.11 Å². The molecule has 1 fully saturated rings. The number of hydrogen-bond donors (Lipinski definition) is 1. The highest BCUT2D eigenvalue weighted by Gasteiger charge is 2.35. The number of anilines is 3. The van der Waals surface area contributed by atoms with Crippen molar-refractivity contribution in [3.8, 4) is 11.3 Å². The van der Waals surface area contributed by atoms with Crippen molar-refractivity contribution in [3.63, 3.8) is 0 Å². The maximum Gasteiger partial charge on any atom is 0.410 e. The van der Waals surface area contributed by atoms with Gasteiger partial charge in [-0.05, 0) is 83.9 Å². The zero-order chi connectivity index (χ0) is 38.1. The van der Waals surface area contributed by atoms with Crippen LogP contribution in [0.25, 0.3) is 11.3 Å². The predicted octanol–water partition coefficient (Wildman–Crippen LogP) is 5.96. The number of benzene rings is 1. The number of hydrogen-bond acceptors (Lipinski definition) is 12. The quantitative estimate of drug-likeness (QED) is 0.174. The topological polar surface area (TPSA) is 143 Å². The molecule has 1 atom stereocenters. The van der Waals surface area contributed by atoms with Crippen molar-refractivity contribution in [2.24, 2.45) is 0 Å². The first kappa shape index (κ1) is 39.8. The van der Waals surface area contributed by atoms with Crippen molar-refractivity contribution >= 4 is 35.6 Å². The summed E-state index contributed by atoms with van der Waals surface area (Å²) in [5.41, 5.74) is 2.32. The van der Waals surface area contributed by atoms with Gasteiger partial charge in [0.25, 0.3) is 0 Å². The Labute approximate surface area is 307 Å². The van der Waals surface area contributed by atoms with Crippen LogP contribution in [0.4, 0.5) is 27.0 Å². The molecular formula is C38H54N8O6. The first-order chi connectivity index (χ1) is 24.5. The zero-order valence-electron chi connectivity index (χ0n) is 32.0. The second-order valence-electron chi connectivity index (χ2n) is 15.0. The summed E-state index contributed by atoms with van der Waals surface area (Å²) in [5, 5.41) is 3.32. The molecule has 1 saturated heterocycles. The molecule has 1 N–H and O–H groups in total. The van der Waals surface area contributed by atoms with E-state index in [-0.39, 0.29) is 24.5 Å². The van der Waals surface area contributed by atoms with E-state index < -0.39 is 17.3 Å².